The smallest absolute Gasteiger partial charge is 0.0128 e. The summed E-state index contributed by atoms with van der Waals surface area (Å²) in [5.74, 6) is 0.919. The van der Waals surface area contributed by atoms with Gasteiger partial charge >= 0.3 is 0 Å². The Kier molecular flexibility index (Phi) is 6.82. The van der Waals surface area contributed by atoms with E-state index >= 15 is 0 Å². The fourth-order valence-electron chi connectivity index (χ4n) is 3.24. The van der Waals surface area contributed by atoms with Gasteiger partial charge in [-0.2, -0.15) is 0 Å². The van der Waals surface area contributed by atoms with Gasteiger partial charge in [-0.25, -0.2) is 0 Å². The fourth-order valence-corrected chi connectivity index (χ4v) is 3.24. The van der Waals surface area contributed by atoms with E-state index in [4.69, 9.17) is 0 Å². The quantitative estimate of drug-likeness (QED) is 0.785. The van der Waals surface area contributed by atoms with Crippen LogP contribution in [0.15, 0.2) is 0 Å². The van der Waals surface area contributed by atoms with Gasteiger partial charge in [-0.1, -0.05) is 34.6 Å². The van der Waals surface area contributed by atoms with Gasteiger partial charge in [-0.3, -0.25) is 0 Å². The van der Waals surface area contributed by atoms with Gasteiger partial charge in [-0.05, 0) is 63.6 Å². The minimum absolute atomic E-state index is 0.363. The molecule has 0 aliphatic carbocycles. The standard InChI is InChI=1S/C17H36N2/c1-7-10-18-16(17(4,5)6)9-12-19-11-8-14(2)13-15(19)3/h14-16,18H,7-13H2,1-6H3. The maximum atomic E-state index is 3.75. The molecular weight excluding hydrogens is 232 g/mol. The first-order valence-electron chi connectivity index (χ1n) is 8.32. The van der Waals surface area contributed by atoms with E-state index in [-0.39, 0.29) is 0 Å². The van der Waals surface area contributed by atoms with Crippen LogP contribution in [0.1, 0.15) is 67.2 Å². The van der Waals surface area contributed by atoms with E-state index in [1.807, 2.05) is 0 Å². The first kappa shape index (κ1) is 17.0. The van der Waals surface area contributed by atoms with E-state index < -0.39 is 0 Å². The summed E-state index contributed by atoms with van der Waals surface area (Å²) in [7, 11) is 0. The van der Waals surface area contributed by atoms with Crippen molar-refractivity contribution < 1.29 is 0 Å². The average Bonchev–Trinajstić information content (AvgIpc) is 2.29. The Bertz CT molecular complexity index is 244. The second kappa shape index (κ2) is 7.64. The minimum atomic E-state index is 0.363. The van der Waals surface area contributed by atoms with E-state index in [1.54, 1.807) is 0 Å². The monoisotopic (exact) mass is 268 g/mol. The summed E-state index contributed by atoms with van der Waals surface area (Å²) >= 11 is 0. The first-order chi connectivity index (χ1) is 8.84. The third-order valence-corrected chi connectivity index (χ3v) is 4.67. The first-order valence-corrected chi connectivity index (χ1v) is 8.32. The van der Waals surface area contributed by atoms with Gasteiger partial charge in [0, 0.05) is 12.1 Å². The number of nitrogens with one attached hydrogen (secondary N) is 1. The summed E-state index contributed by atoms with van der Waals surface area (Å²) < 4.78 is 0. The summed E-state index contributed by atoms with van der Waals surface area (Å²) in [6, 6.07) is 1.41. The summed E-state index contributed by atoms with van der Waals surface area (Å²) in [5, 5.41) is 3.75. The molecule has 0 aromatic carbocycles. The number of nitrogens with zero attached hydrogens (tertiary/aromatic N) is 1. The zero-order valence-electron chi connectivity index (χ0n) is 14.1. The van der Waals surface area contributed by atoms with E-state index in [0.717, 1.165) is 18.5 Å². The molecule has 0 spiro atoms. The molecule has 114 valence electrons. The molecule has 0 saturated carbocycles. The predicted molar refractivity (Wildman–Crippen MR) is 85.6 cm³/mol. The third kappa shape index (κ3) is 5.83. The van der Waals surface area contributed by atoms with Gasteiger partial charge in [0.2, 0.25) is 0 Å². The van der Waals surface area contributed by atoms with Crippen LogP contribution in [-0.4, -0.2) is 36.6 Å². The Morgan fingerprint density at radius 3 is 2.47 bits per heavy atom. The summed E-state index contributed by atoms with van der Waals surface area (Å²) in [5.41, 5.74) is 0.363. The van der Waals surface area contributed by atoms with Crippen molar-refractivity contribution in [2.75, 3.05) is 19.6 Å². The van der Waals surface area contributed by atoms with E-state index in [0.29, 0.717) is 11.5 Å². The topological polar surface area (TPSA) is 15.3 Å². The van der Waals surface area contributed by atoms with Gasteiger partial charge in [0.25, 0.3) is 0 Å². The highest BCUT2D eigenvalue weighted by atomic mass is 15.2. The molecular formula is C17H36N2. The molecule has 1 saturated heterocycles. The third-order valence-electron chi connectivity index (χ3n) is 4.67. The van der Waals surface area contributed by atoms with Crippen LogP contribution in [0.25, 0.3) is 0 Å². The fraction of sp³-hybridized carbons (Fsp3) is 1.00. The normalized spacial score (nSPS) is 27.5. The Balaban J connectivity index is 2.42. The summed E-state index contributed by atoms with van der Waals surface area (Å²) in [6.07, 6.45) is 5.27. The van der Waals surface area contributed by atoms with E-state index in [1.165, 1.54) is 38.8 Å². The lowest BCUT2D eigenvalue weighted by Gasteiger charge is -2.39. The maximum absolute atomic E-state index is 3.75. The number of piperidine rings is 1. The highest BCUT2D eigenvalue weighted by Crippen LogP contribution is 2.25. The van der Waals surface area contributed by atoms with Gasteiger partial charge in [0.05, 0.1) is 0 Å². The Morgan fingerprint density at radius 2 is 1.95 bits per heavy atom. The highest BCUT2D eigenvalue weighted by molar-refractivity contribution is 4.84. The van der Waals surface area contributed by atoms with Gasteiger partial charge in [0.15, 0.2) is 0 Å². The maximum Gasteiger partial charge on any atom is 0.0128 e. The van der Waals surface area contributed by atoms with Gasteiger partial charge in [0.1, 0.15) is 0 Å². The molecule has 1 fully saturated rings. The molecule has 2 nitrogen and oxygen atoms in total. The molecule has 0 aromatic heterocycles. The van der Waals surface area contributed by atoms with E-state index in [9.17, 15) is 0 Å². The summed E-state index contributed by atoms with van der Waals surface area (Å²) in [4.78, 5) is 2.70. The second-order valence-corrected chi connectivity index (χ2v) is 7.68. The van der Waals surface area contributed by atoms with Crippen LogP contribution < -0.4 is 5.32 Å². The molecule has 1 aliphatic rings. The van der Waals surface area contributed by atoms with Crippen LogP contribution in [0, 0.1) is 11.3 Å². The van der Waals surface area contributed by atoms with Crippen LogP contribution in [0.3, 0.4) is 0 Å². The molecule has 0 radical (unpaired) electrons. The molecule has 1 aliphatic heterocycles. The van der Waals surface area contributed by atoms with Crippen LogP contribution in [0.2, 0.25) is 0 Å². The van der Waals surface area contributed by atoms with Gasteiger partial charge in [-0.15, -0.1) is 0 Å². The molecule has 1 rings (SSSR count). The SMILES string of the molecule is CCCNC(CCN1CCC(C)CC1C)C(C)(C)C. The zero-order valence-corrected chi connectivity index (χ0v) is 14.1. The second-order valence-electron chi connectivity index (χ2n) is 7.68. The number of hydrogen-bond donors (Lipinski definition) is 1. The van der Waals surface area contributed by atoms with Gasteiger partial charge < -0.3 is 10.2 Å². The Morgan fingerprint density at radius 1 is 1.26 bits per heavy atom. The van der Waals surface area contributed by atoms with Crippen molar-refractivity contribution in [2.24, 2.45) is 11.3 Å². The predicted octanol–water partition coefficient (Wildman–Crippen LogP) is 3.91. The molecule has 3 unspecified atom stereocenters. The van der Waals surface area contributed by atoms with Crippen LogP contribution in [-0.2, 0) is 0 Å². The minimum Gasteiger partial charge on any atom is -0.313 e. The Hall–Kier alpha value is -0.0800. The molecule has 19 heavy (non-hydrogen) atoms. The van der Waals surface area contributed by atoms with Crippen molar-refractivity contribution in [3.05, 3.63) is 0 Å². The zero-order chi connectivity index (χ0) is 14.5. The molecule has 1 heterocycles. The van der Waals surface area contributed by atoms with Crippen molar-refractivity contribution in [3.8, 4) is 0 Å². The van der Waals surface area contributed by atoms with Crippen molar-refractivity contribution in [1.82, 2.24) is 10.2 Å². The van der Waals surface area contributed by atoms with Crippen molar-refractivity contribution in [3.63, 3.8) is 0 Å². The largest absolute Gasteiger partial charge is 0.313 e. The molecule has 0 amide bonds. The lowest BCUT2D eigenvalue weighted by Crippen LogP contribution is -2.46. The molecule has 1 N–H and O–H groups in total. The number of hydrogen-bond acceptors (Lipinski definition) is 2. The average molecular weight is 268 g/mol. The molecule has 3 atom stereocenters. The lowest BCUT2D eigenvalue weighted by molar-refractivity contribution is 0.114. The van der Waals surface area contributed by atoms with Crippen molar-refractivity contribution in [1.29, 1.82) is 0 Å². The summed E-state index contributed by atoms with van der Waals surface area (Å²) in [6.45, 7) is 17.8. The highest BCUT2D eigenvalue weighted by Gasteiger charge is 2.27. The number of likely N-dealkylation sites (tertiary alicyclic amines) is 1. The Labute approximate surface area is 121 Å². The van der Waals surface area contributed by atoms with Crippen LogP contribution >= 0.6 is 0 Å². The van der Waals surface area contributed by atoms with E-state index in [2.05, 4.69) is 51.8 Å². The van der Waals surface area contributed by atoms with Crippen LogP contribution in [0.5, 0.6) is 0 Å². The van der Waals surface area contributed by atoms with Crippen LogP contribution in [0.4, 0.5) is 0 Å². The number of rotatable bonds is 6. The molecule has 0 aromatic rings. The molecule has 2 heteroatoms. The molecule has 0 bridgehead atoms. The lowest BCUT2D eigenvalue weighted by atomic mass is 9.84. The van der Waals surface area contributed by atoms with Crippen molar-refractivity contribution in [2.45, 2.75) is 79.3 Å². The van der Waals surface area contributed by atoms with Crippen molar-refractivity contribution >= 4 is 0 Å².